The summed E-state index contributed by atoms with van der Waals surface area (Å²) in [6, 6.07) is 4.00. The van der Waals surface area contributed by atoms with Gasteiger partial charge in [-0.15, -0.1) is 0 Å². The van der Waals surface area contributed by atoms with Crippen molar-refractivity contribution in [2.45, 2.75) is 26.5 Å². The number of aliphatic hydroxyl groups excluding tert-OH is 1. The zero-order chi connectivity index (χ0) is 12.0. The SMILES string of the molecule is CCN(c1cc(CO)ccn1)C(C)COC. The molecule has 1 rings (SSSR count). The van der Waals surface area contributed by atoms with Crippen molar-refractivity contribution < 1.29 is 9.84 Å². The van der Waals surface area contributed by atoms with Gasteiger partial charge in [0.25, 0.3) is 0 Å². The van der Waals surface area contributed by atoms with Crippen LogP contribution >= 0.6 is 0 Å². The molecule has 0 aliphatic heterocycles. The summed E-state index contributed by atoms with van der Waals surface area (Å²) in [6.07, 6.45) is 1.73. The minimum atomic E-state index is 0.0474. The zero-order valence-corrected chi connectivity index (χ0v) is 10.2. The lowest BCUT2D eigenvalue weighted by atomic mass is 10.2. The standard InChI is InChI=1S/C12H20N2O2/c1-4-14(10(2)9-16-3)12-7-11(8-15)5-6-13-12/h5-7,10,15H,4,8-9H2,1-3H3. The largest absolute Gasteiger partial charge is 0.392 e. The summed E-state index contributed by atoms with van der Waals surface area (Å²) >= 11 is 0. The van der Waals surface area contributed by atoms with Crippen molar-refractivity contribution in [3.63, 3.8) is 0 Å². The Labute approximate surface area is 96.9 Å². The number of likely N-dealkylation sites (N-methyl/N-ethyl adjacent to an activating group) is 1. The second-order valence-corrected chi connectivity index (χ2v) is 3.77. The molecule has 0 radical (unpaired) electrons. The molecule has 0 saturated heterocycles. The lowest BCUT2D eigenvalue weighted by Gasteiger charge is -2.28. The molecule has 0 bridgehead atoms. The molecule has 1 aromatic heterocycles. The number of hydrogen-bond donors (Lipinski definition) is 1. The van der Waals surface area contributed by atoms with Gasteiger partial charge in [-0.1, -0.05) is 0 Å². The van der Waals surface area contributed by atoms with Gasteiger partial charge in [0.05, 0.1) is 19.3 Å². The Kier molecular flexibility index (Phi) is 5.22. The van der Waals surface area contributed by atoms with Crippen LogP contribution in [0, 0.1) is 0 Å². The molecular weight excluding hydrogens is 204 g/mol. The maximum Gasteiger partial charge on any atom is 0.129 e. The van der Waals surface area contributed by atoms with Gasteiger partial charge in [0, 0.05) is 19.9 Å². The number of aromatic nitrogens is 1. The summed E-state index contributed by atoms with van der Waals surface area (Å²) in [4.78, 5) is 6.48. The average molecular weight is 224 g/mol. The molecule has 0 aliphatic rings. The van der Waals surface area contributed by atoms with Gasteiger partial charge in [0.1, 0.15) is 5.82 Å². The third-order valence-electron chi connectivity index (χ3n) is 2.57. The number of rotatable bonds is 6. The van der Waals surface area contributed by atoms with Gasteiger partial charge in [0.15, 0.2) is 0 Å². The summed E-state index contributed by atoms with van der Waals surface area (Å²) in [5.74, 6) is 0.888. The van der Waals surface area contributed by atoms with E-state index < -0.39 is 0 Å². The van der Waals surface area contributed by atoms with Crippen LogP contribution in [0.25, 0.3) is 0 Å². The molecule has 4 nitrogen and oxygen atoms in total. The topological polar surface area (TPSA) is 45.6 Å². The van der Waals surface area contributed by atoms with Crippen molar-refractivity contribution in [3.05, 3.63) is 23.9 Å². The van der Waals surface area contributed by atoms with E-state index in [1.54, 1.807) is 13.3 Å². The van der Waals surface area contributed by atoms with Gasteiger partial charge >= 0.3 is 0 Å². The molecule has 0 aliphatic carbocycles. The van der Waals surface area contributed by atoms with Crippen LogP contribution in [0.1, 0.15) is 19.4 Å². The maximum atomic E-state index is 9.09. The quantitative estimate of drug-likeness (QED) is 0.794. The lowest BCUT2D eigenvalue weighted by Crippen LogP contribution is -2.36. The molecule has 1 aromatic rings. The van der Waals surface area contributed by atoms with Crippen molar-refractivity contribution >= 4 is 5.82 Å². The second kappa shape index (κ2) is 6.45. The monoisotopic (exact) mass is 224 g/mol. The fraction of sp³-hybridized carbons (Fsp3) is 0.583. The van der Waals surface area contributed by atoms with Gasteiger partial charge in [-0.25, -0.2) is 4.98 Å². The average Bonchev–Trinajstić information content (AvgIpc) is 2.31. The van der Waals surface area contributed by atoms with Gasteiger partial charge in [-0.3, -0.25) is 0 Å². The number of nitrogens with zero attached hydrogens (tertiary/aromatic N) is 2. The highest BCUT2D eigenvalue weighted by molar-refractivity contribution is 5.41. The highest BCUT2D eigenvalue weighted by Crippen LogP contribution is 2.15. The van der Waals surface area contributed by atoms with Crippen LogP contribution in [0.15, 0.2) is 18.3 Å². The molecule has 1 atom stereocenters. The van der Waals surface area contributed by atoms with E-state index in [0.717, 1.165) is 17.9 Å². The highest BCUT2D eigenvalue weighted by Gasteiger charge is 2.13. The van der Waals surface area contributed by atoms with Gasteiger partial charge in [-0.2, -0.15) is 0 Å². The van der Waals surface area contributed by atoms with E-state index in [1.165, 1.54) is 0 Å². The van der Waals surface area contributed by atoms with E-state index >= 15 is 0 Å². The number of anilines is 1. The predicted octanol–water partition coefficient (Wildman–Crippen LogP) is 1.44. The van der Waals surface area contributed by atoms with Crippen molar-refractivity contribution in [1.29, 1.82) is 0 Å². The Hall–Kier alpha value is -1.13. The molecule has 1 heterocycles. The first-order chi connectivity index (χ1) is 7.72. The first-order valence-corrected chi connectivity index (χ1v) is 5.54. The van der Waals surface area contributed by atoms with Crippen LogP contribution in [0.4, 0.5) is 5.82 Å². The van der Waals surface area contributed by atoms with E-state index in [9.17, 15) is 0 Å². The molecule has 0 amide bonds. The van der Waals surface area contributed by atoms with Crippen molar-refractivity contribution in [1.82, 2.24) is 4.98 Å². The van der Waals surface area contributed by atoms with Crippen LogP contribution in [0.5, 0.6) is 0 Å². The number of methoxy groups -OCH3 is 1. The molecule has 90 valence electrons. The Morgan fingerprint density at radius 3 is 2.88 bits per heavy atom. The molecule has 1 unspecified atom stereocenters. The van der Waals surface area contributed by atoms with Gasteiger partial charge in [0.2, 0.25) is 0 Å². The Bertz CT molecular complexity index is 318. The minimum Gasteiger partial charge on any atom is -0.392 e. The fourth-order valence-corrected chi connectivity index (χ4v) is 1.75. The Balaban J connectivity index is 2.85. The first kappa shape index (κ1) is 12.9. The number of ether oxygens (including phenoxy) is 1. The number of hydrogen-bond acceptors (Lipinski definition) is 4. The molecule has 16 heavy (non-hydrogen) atoms. The maximum absolute atomic E-state index is 9.09. The third kappa shape index (κ3) is 3.18. The summed E-state index contributed by atoms with van der Waals surface area (Å²) in [5.41, 5.74) is 0.882. The van der Waals surface area contributed by atoms with Crippen LogP contribution in [0.2, 0.25) is 0 Å². The van der Waals surface area contributed by atoms with E-state index in [2.05, 4.69) is 23.7 Å². The zero-order valence-electron chi connectivity index (χ0n) is 10.2. The van der Waals surface area contributed by atoms with E-state index in [4.69, 9.17) is 9.84 Å². The molecular formula is C12H20N2O2. The second-order valence-electron chi connectivity index (χ2n) is 3.77. The highest BCUT2D eigenvalue weighted by atomic mass is 16.5. The lowest BCUT2D eigenvalue weighted by molar-refractivity contribution is 0.181. The van der Waals surface area contributed by atoms with Crippen LogP contribution in [-0.2, 0) is 11.3 Å². The smallest absolute Gasteiger partial charge is 0.129 e. The Morgan fingerprint density at radius 2 is 2.31 bits per heavy atom. The Morgan fingerprint density at radius 1 is 1.56 bits per heavy atom. The summed E-state index contributed by atoms with van der Waals surface area (Å²) in [6.45, 7) is 5.76. The predicted molar refractivity (Wildman–Crippen MR) is 64.5 cm³/mol. The van der Waals surface area contributed by atoms with Crippen LogP contribution in [-0.4, -0.2) is 36.4 Å². The number of pyridine rings is 1. The third-order valence-corrected chi connectivity index (χ3v) is 2.57. The molecule has 1 N–H and O–H groups in total. The van der Waals surface area contributed by atoms with Gasteiger partial charge < -0.3 is 14.7 Å². The summed E-state index contributed by atoms with van der Waals surface area (Å²) in [7, 11) is 1.70. The minimum absolute atomic E-state index is 0.0474. The van der Waals surface area contributed by atoms with E-state index in [0.29, 0.717) is 6.61 Å². The van der Waals surface area contributed by atoms with Gasteiger partial charge in [-0.05, 0) is 31.5 Å². The summed E-state index contributed by atoms with van der Waals surface area (Å²) in [5, 5.41) is 9.09. The van der Waals surface area contributed by atoms with Crippen molar-refractivity contribution in [2.75, 3.05) is 25.2 Å². The first-order valence-electron chi connectivity index (χ1n) is 5.54. The van der Waals surface area contributed by atoms with Crippen LogP contribution in [0.3, 0.4) is 0 Å². The molecule has 0 fully saturated rings. The molecule has 0 aromatic carbocycles. The van der Waals surface area contributed by atoms with Crippen molar-refractivity contribution in [2.24, 2.45) is 0 Å². The van der Waals surface area contributed by atoms with Crippen LogP contribution < -0.4 is 4.90 Å². The van der Waals surface area contributed by atoms with E-state index in [-0.39, 0.29) is 12.6 Å². The molecule has 4 heteroatoms. The molecule has 0 spiro atoms. The number of aliphatic hydroxyl groups is 1. The fourth-order valence-electron chi connectivity index (χ4n) is 1.75. The normalized spacial score (nSPS) is 12.5. The summed E-state index contributed by atoms with van der Waals surface area (Å²) < 4.78 is 5.15. The van der Waals surface area contributed by atoms with Crippen molar-refractivity contribution in [3.8, 4) is 0 Å². The van der Waals surface area contributed by atoms with E-state index in [1.807, 2.05) is 12.1 Å². The molecule has 0 saturated carbocycles.